The molecule has 1 N–H and O–H groups in total. The zero-order valence-electron chi connectivity index (χ0n) is 18.5. The Hall–Kier alpha value is -3.32. The number of hydrogen-bond donors (Lipinski definition) is 1. The molecule has 2 aromatic carbocycles. The van der Waals surface area contributed by atoms with Crippen molar-refractivity contribution in [2.24, 2.45) is 0 Å². The Morgan fingerprint density at radius 2 is 1.94 bits per heavy atom. The first-order valence-electron chi connectivity index (χ1n) is 10.7. The highest BCUT2D eigenvalue weighted by Gasteiger charge is 2.46. The number of ether oxygens (including phenoxy) is 3. The van der Waals surface area contributed by atoms with Crippen molar-refractivity contribution in [1.82, 2.24) is 4.90 Å². The molecule has 0 aromatic heterocycles. The van der Waals surface area contributed by atoms with E-state index in [1.54, 1.807) is 24.3 Å². The number of ketones is 1. The SMILES string of the molecule is CCOc1ccc(C2/C(=C(\O)c3ccc4c(c3)CC(C)O4)C(=O)C(=O)N2CCOC)cc1. The normalized spacial score (nSPS) is 21.5. The molecule has 0 saturated carbocycles. The Kier molecular flexibility index (Phi) is 6.19. The van der Waals surface area contributed by atoms with Crippen LogP contribution < -0.4 is 9.47 Å². The standard InChI is InChI=1S/C25H27NO6/c1-4-31-19-8-5-16(6-9-19)22-21(24(28)25(29)26(22)11-12-30-3)23(27)17-7-10-20-18(14-17)13-15(2)32-20/h5-10,14-15,22,27H,4,11-13H2,1-3H3/b23-21+. The van der Waals surface area contributed by atoms with Crippen molar-refractivity contribution >= 4 is 17.4 Å². The van der Waals surface area contributed by atoms with Gasteiger partial charge < -0.3 is 24.2 Å². The highest BCUT2D eigenvalue weighted by Crippen LogP contribution is 2.40. The molecule has 168 valence electrons. The van der Waals surface area contributed by atoms with Gasteiger partial charge in [0.25, 0.3) is 11.7 Å². The van der Waals surface area contributed by atoms with E-state index in [1.807, 2.05) is 32.0 Å². The predicted octanol–water partition coefficient (Wildman–Crippen LogP) is 3.48. The first-order valence-corrected chi connectivity index (χ1v) is 10.7. The average molecular weight is 437 g/mol. The number of amides is 1. The Labute approximate surface area is 187 Å². The fourth-order valence-corrected chi connectivity index (χ4v) is 4.28. The van der Waals surface area contributed by atoms with Gasteiger partial charge in [-0.3, -0.25) is 9.59 Å². The molecular weight excluding hydrogens is 410 g/mol. The number of benzene rings is 2. The highest BCUT2D eigenvalue weighted by atomic mass is 16.5. The van der Waals surface area contributed by atoms with Crippen molar-refractivity contribution in [2.45, 2.75) is 32.4 Å². The maximum Gasteiger partial charge on any atom is 0.295 e. The van der Waals surface area contributed by atoms with Crippen LogP contribution in [-0.4, -0.2) is 54.7 Å². The number of Topliss-reactive ketones (excluding diaryl/α,β-unsaturated/α-hetero) is 1. The Morgan fingerprint density at radius 1 is 1.19 bits per heavy atom. The van der Waals surface area contributed by atoms with Gasteiger partial charge in [-0.05, 0) is 55.3 Å². The van der Waals surface area contributed by atoms with E-state index in [0.29, 0.717) is 23.5 Å². The molecular formula is C25H27NO6. The van der Waals surface area contributed by atoms with Crippen LogP contribution in [-0.2, 0) is 20.7 Å². The van der Waals surface area contributed by atoms with Gasteiger partial charge in [0.05, 0.1) is 24.8 Å². The number of hydrogen-bond acceptors (Lipinski definition) is 6. The van der Waals surface area contributed by atoms with Crippen molar-refractivity contribution in [3.8, 4) is 11.5 Å². The third kappa shape index (κ3) is 3.96. The van der Waals surface area contributed by atoms with Gasteiger partial charge in [-0.15, -0.1) is 0 Å². The summed E-state index contributed by atoms with van der Waals surface area (Å²) in [5.41, 5.74) is 2.24. The summed E-state index contributed by atoms with van der Waals surface area (Å²) in [5, 5.41) is 11.2. The zero-order valence-corrected chi connectivity index (χ0v) is 18.5. The smallest absolute Gasteiger partial charge is 0.295 e. The summed E-state index contributed by atoms with van der Waals surface area (Å²) < 4.78 is 16.4. The molecule has 2 aliphatic rings. The van der Waals surface area contributed by atoms with Gasteiger partial charge in [-0.2, -0.15) is 0 Å². The van der Waals surface area contributed by atoms with Crippen LogP contribution in [0.4, 0.5) is 0 Å². The molecule has 2 unspecified atom stereocenters. The molecule has 1 amide bonds. The molecule has 2 aromatic rings. The van der Waals surface area contributed by atoms with E-state index in [-0.39, 0.29) is 30.6 Å². The molecule has 2 heterocycles. The van der Waals surface area contributed by atoms with Crippen molar-refractivity contribution < 1.29 is 28.9 Å². The van der Waals surface area contributed by atoms with E-state index in [2.05, 4.69) is 0 Å². The first kappa shape index (κ1) is 21.9. The van der Waals surface area contributed by atoms with E-state index < -0.39 is 17.7 Å². The number of nitrogens with zero attached hydrogens (tertiary/aromatic N) is 1. The molecule has 2 atom stereocenters. The molecule has 1 saturated heterocycles. The first-order chi connectivity index (χ1) is 15.4. The van der Waals surface area contributed by atoms with Gasteiger partial charge in [0, 0.05) is 25.6 Å². The van der Waals surface area contributed by atoms with Crippen LogP contribution in [0.25, 0.3) is 5.76 Å². The second-order valence-electron chi connectivity index (χ2n) is 7.94. The lowest BCUT2D eigenvalue weighted by Crippen LogP contribution is -2.32. The number of carbonyl (C=O) groups excluding carboxylic acids is 2. The summed E-state index contributed by atoms with van der Waals surface area (Å²) in [6.45, 7) is 4.91. The number of carbonyl (C=O) groups is 2. The third-order valence-corrected chi connectivity index (χ3v) is 5.75. The number of likely N-dealkylation sites (tertiary alicyclic amines) is 1. The fourth-order valence-electron chi connectivity index (χ4n) is 4.28. The van der Waals surface area contributed by atoms with Crippen LogP contribution in [0.3, 0.4) is 0 Å². The third-order valence-electron chi connectivity index (χ3n) is 5.75. The lowest BCUT2D eigenvalue weighted by atomic mass is 9.94. The van der Waals surface area contributed by atoms with Crippen LogP contribution in [0.5, 0.6) is 11.5 Å². The minimum atomic E-state index is -0.718. The average Bonchev–Trinajstić information content (AvgIpc) is 3.28. The van der Waals surface area contributed by atoms with Crippen LogP contribution in [0.2, 0.25) is 0 Å². The number of aliphatic hydroxyl groups is 1. The number of aliphatic hydroxyl groups excluding tert-OH is 1. The summed E-state index contributed by atoms with van der Waals surface area (Å²) in [4.78, 5) is 27.4. The Bertz CT molecular complexity index is 1060. The van der Waals surface area contributed by atoms with Gasteiger partial charge in [0.1, 0.15) is 23.4 Å². The molecule has 0 aliphatic carbocycles. The minimum absolute atomic E-state index is 0.0610. The van der Waals surface area contributed by atoms with E-state index >= 15 is 0 Å². The van der Waals surface area contributed by atoms with Crippen LogP contribution in [0.1, 0.15) is 36.6 Å². The maximum absolute atomic E-state index is 13.0. The van der Waals surface area contributed by atoms with Crippen molar-refractivity contribution in [3.05, 3.63) is 64.7 Å². The van der Waals surface area contributed by atoms with Crippen LogP contribution in [0.15, 0.2) is 48.0 Å². The summed E-state index contributed by atoms with van der Waals surface area (Å²) >= 11 is 0. The lowest BCUT2D eigenvalue weighted by Gasteiger charge is -2.25. The molecule has 1 fully saturated rings. The molecule has 32 heavy (non-hydrogen) atoms. The summed E-state index contributed by atoms with van der Waals surface area (Å²) in [5.74, 6) is -0.0804. The van der Waals surface area contributed by atoms with Crippen molar-refractivity contribution in [3.63, 3.8) is 0 Å². The molecule has 0 radical (unpaired) electrons. The Morgan fingerprint density at radius 3 is 2.62 bits per heavy atom. The largest absolute Gasteiger partial charge is 0.507 e. The molecule has 7 nitrogen and oxygen atoms in total. The topological polar surface area (TPSA) is 85.3 Å². The summed E-state index contributed by atoms with van der Waals surface area (Å²) in [7, 11) is 1.54. The quantitative estimate of drug-likeness (QED) is 0.406. The Balaban J connectivity index is 1.79. The van der Waals surface area contributed by atoms with E-state index in [4.69, 9.17) is 14.2 Å². The predicted molar refractivity (Wildman–Crippen MR) is 119 cm³/mol. The number of rotatable bonds is 7. The van der Waals surface area contributed by atoms with Gasteiger partial charge in [0.15, 0.2) is 0 Å². The van der Waals surface area contributed by atoms with E-state index in [9.17, 15) is 14.7 Å². The fraction of sp³-hybridized carbons (Fsp3) is 0.360. The second-order valence-corrected chi connectivity index (χ2v) is 7.94. The number of fused-ring (bicyclic) bond motifs is 1. The summed E-state index contributed by atoms with van der Waals surface area (Å²) in [6, 6.07) is 11.8. The molecule has 2 aliphatic heterocycles. The van der Waals surface area contributed by atoms with E-state index in [0.717, 1.165) is 17.7 Å². The molecule has 0 bridgehead atoms. The molecule has 7 heteroatoms. The van der Waals surface area contributed by atoms with Gasteiger partial charge >= 0.3 is 0 Å². The minimum Gasteiger partial charge on any atom is -0.507 e. The highest BCUT2D eigenvalue weighted by molar-refractivity contribution is 6.46. The van der Waals surface area contributed by atoms with Gasteiger partial charge in [-0.25, -0.2) is 0 Å². The van der Waals surface area contributed by atoms with Crippen molar-refractivity contribution in [2.75, 3.05) is 26.9 Å². The second kappa shape index (κ2) is 9.04. The van der Waals surface area contributed by atoms with Crippen molar-refractivity contribution in [1.29, 1.82) is 0 Å². The van der Waals surface area contributed by atoms with Crippen LogP contribution >= 0.6 is 0 Å². The lowest BCUT2D eigenvalue weighted by molar-refractivity contribution is -0.140. The monoisotopic (exact) mass is 437 g/mol. The van der Waals surface area contributed by atoms with E-state index in [1.165, 1.54) is 12.0 Å². The molecule has 0 spiro atoms. The number of methoxy groups -OCH3 is 1. The van der Waals surface area contributed by atoms with Gasteiger partial charge in [-0.1, -0.05) is 12.1 Å². The maximum atomic E-state index is 13.0. The van der Waals surface area contributed by atoms with Gasteiger partial charge in [0.2, 0.25) is 0 Å². The van der Waals surface area contributed by atoms with Crippen LogP contribution in [0, 0.1) is 0 Å². The molecule has 4 rings (SSSR count). The summed E-state index contributed by atoms with van der Waals surface area (Å²) in [6.07, 6.45) is 0.784. The zero-order chi connectivity index (χ0) is 22.8.